The Labute approximate surface area is 99.0 Å². The summed E-state index contributed by atoms with van der Waals surface area (Å²) in [5.41, 5.74) is -0.401. The molecule has 1 N–H and O–H groups in total. The molecule has 0 aliphatic rings. The number of benzene rings is 1. The van der Waals surface area contributed by atoms with Crippen LogP contribution in [0.3, 0.4) is 0 Å². The van der Waals surface area contributed by atoms with E-state index in [9.17, 15) is 17.6 Å². The summed E-state index contributed by atoms with van der Waals surface area (Å²) in [7, 11) is 0. The normalized spacial score (nSPS) is 11.6. The van der Waals surface area contributed by atoms with E-state index in [-0.39, 0.29) is 10.9 Å². The fourth-order valence-electron chi connectivity index (χ4n) is 1.15. The molecule has 0 saturated heterocycles. The Kier molecular flexibility index (Phi) is 4.58. The molecule has 0 fully saturated rings. The lowest BCUT2D eigenvalue weighted by Crippen LogP contribution is -2.08. The molecule has 0 aliphatic heterocycles. The molecule has 0 spiro atoms. The number of hydrogen-bond acceptors (Lipinski definition) is 1. The Morgan fingerprint density at radius 1 is 1.25 bits per heavy atom. The Morgan fingerprint density at radius 2 is 1.94 bits per heavy atom. The second kappa shape index (κ2) is 5.52. The number of rotatable bonds is 4. The van der Waals surface area contributed by atoms with Gasteiger partial charge in [-0.05, 0) is 24.6 Å². The molecule has 90 valence electrons. The van der Waals surface area contributed by atoms with E-state index in [2.05, 4.69) is 21.2 Å². The molecule has 0 saturated carbocycles. The summed E-state index contributed by atoms with van der Waals surface area (Å²) in [5, 5.41) is 2.72. The van der Waals surface area contributed by atoms with E-state index in [1.54, 1.807) is 0 Å². The van der Waals surface area contributed by atoms with Gasteiger partial charge in [-0.3, -0.25) is 4.39 Å². The van der Waals surface area contributed by atoms with Crippen molar-refractivity contribution in [2.45, 2.75) is 12.6 Å². The summed E-state index contributed by atoms with van der Waals surface area (Å²) in [6.45, 7) is -0.176. The van der Waals surface area contributed by atoms with Gasteiger partial charge < -0.3 is 5.32 Å². The highest BCUT2D eigenvalue weighted by Crippen LogP contribution is 2.36. The minimum atomic E-state index is -4.39. The molecule has 1 aromatic rings. The van der Waals surface area contributed by atoms with E-state index in [0.717, 1.165) is 6.07 Å². The van der Waals surface area contributed by atoms with Gasteiger partial charge in [0.25, 0.3) is 0 Å². The summed E-state index contributed by atoms with van der Waals surface area (Å²) < 4.78 is 49.3. The third kappa shape index (κ3) is 3.66. The van der Waals surface area contributed by atoms with Crippen LogP contribution in [0.25, 0.3) is 0 Å². The molecule has 1 aromatic carbocycles. The van der Waals surface area contributed by atoms with E-state index in [4.69, 9.17) is 0 Å². The number of halogens is 5. The molecule has 1 rings (SSSR count). The van der Waals surface area contributed by atoms with E-state index in [1.165, 1.54) is 12.1 Å². The van der Waals surface area contributed by atoms with Gasteiger partial charge >= 0.3 is 6.18 Å². The van der Waals surface area contributed by atoms with Gasteiger partial charge in [-0.15, -0.1) is 0 Å². The quantitative estimate of drug-likeness (QED) is 0.648. The monoisotopic (exact) mass is 299 g/mol. The Morgan fingerprint density at radius 3 is 2.50 bits per heavy atom. The topological polar surface area (TPSA) is 12.0 Å². The van der Waals surface area contributed by atoms with Crippen LogP contribution in [0.15, 0.2) is 22.7 Å². The zero-order valence-corrected chi connectivity index (χ0v) is 9.83. The van der Waals surface area contributed by atoms with Gasteiger partial charge in [0.15, 0.2) is 0 Å². The SMILES string of the molecule is FCCCNc1ccc(Br)c(C(F)(F)F)c1. The van der Waals surface area contributed by atoms with Crippen LogP contribution in [-0.2, 0) is 6.18 Å². The van der Waals surface area contributed by atoms with Crippen LogP contribution in [-0.4, -0.2) is 13.2 Å². The van der Waals surface area contributed by atoms with Crippen molar-refractivity contribution in [2.75, 3.05) is 18.5 Å². The lowest BCUT2D eigenvalue weighted by atomic mass is 10.2. The zero-order chi connectivity index (χ0) is 12.2. The van der Waals surface area contributed by atoms with Crippen LogP contribution in [0.4, 0.5) is 23.2 Å². The fourth-order valence-corrected chi connectivity index (χ4v) is 1.62. The molecule has 0 heterocycles. The van der Waals surface area contributed by atoms with Crippen molar-refractivity contribution in [1.82, 2.24) is 0 Å². The van der Waals surface area contributed by atoms with Gasteiger partial charge in [0.1, 0.15) is 0 Å². The van der Waals surface area contributed by atoms with Crippen molar-refractivity contribution in [3.05, 3.63) is 28.2 Å². The third-order valence-corrected chi connectivity index (χ3v) is 2.60. The van der Waals surface area contributed by atoms with Crippen molar-refractivity contribution in [1.29, 1.82) is 0 Å². The van der Waals surface area contributed by atoms with Crippen molar-refractivity contribution in [3.8, 4) is 0 Å². The molecule has 0 bridgehead atoms. The van der Waals surface area contributed by atoms with E-state index >= 15 is 0 Å². The highest BCUT2D eigenvalue weighted by atomic mass is 79.9. The van der Waals surface area contributed by atoms with Gasteiger partial charge in [0.2, 0.25) is 0 Å². The molecule has 0 radical (unpaired) electrons. The number of anilines is 1. The first-order valence-corrected chi connectivity index (χ1v) is 5.41. The molecule has 16 heavy (non-hydrogen) atoms. The highest BCUT2D eigenvalue weighted by molar-refractivity contribution is 9.10. The van der Waals surface area contributed by atoms with Crippen molar-refractivity contribution < 1.29 is 17.6 Å². The van der Waals surface area contributed by atoms with E-state index in [1.807, 2.05) is 0 Å². The maximum Gasteiger partial charge on any atom is 0.417 e. The summed E-state index contributed by atoms with van der Waals surface area (Å²) in [6, 6.07) is 3.83. The summed E-state index contributed by atoms with van der Waals surface area (Å²) in [6.07, 6.45) is -4.12. The number of alkyl halides is 4. The van der Waals surface area contributed by atoms with E-state index in [0.29, 0.717) is 12.2 Å². The first-order chi connectivity index (χ1) is 7.45. The maximum atomic E-state index is 12.5. The van der Waals surface area contributed by atoms with Gasteiger partial charge in [0.05, 0.1) is 12.2 Å². The fraction of sp³-hybridized carbons (Fsp3) is 0.400. The molecule has 0 amide bonds. The molecule has 6 heteroatoms. The smallest absolute Gasteiger partial charge is 0.385 e. The van der Waals surface area contributed by atoms with Crippen LogP contribution >= 0.6 is 15.9 Å². The Bertz CT molecular complexity index is 351. The van der Waals surface area contributed by atoms with Crippen LogP contribution in [0.1, 0.15) is 12.0 Å². The maximum absolute atomic E-state index is 12.5. The van der Waals surface area contributed by atoms with Gasteiger partial charge in [-0.1, -0.05) is 15.9 Å². The predicted molar refractivity (Wildman–Crippen MR) is 58.2 cm³/mol. The van der Waals surface area contributed by atoms with Crippen molar-refractivity contribution in [2.24, 2.45) is 0 Å². The van der Waals surface area contributed by atoms with Gasteiger partial charge in [-0.2, -0.15) is 13.2 Å². The first kappa shape index (κ1) is 13.3. The van der Waals surface area contributed by atoms with Crippen molar-refractivity contribution >= 4 is 21.6 Å². The lowest BCUT2D eigenvalue weighted by molar-refractivity contribution is -0.138. The standard InChI is InChI=1S/C10H10BrF4N/c11-9-3-2-7(16-5-1-4-12)6-8(9)10(13,14)15/h2-3,6,16H,1,4-5H2. The Balaban J connectivity index is 2.82. The van der Waals surface area contributed by atoms with Crippen LogP contribution in [0.2, 0.25) is 0 Å². The summed E-state index contributed by atoms with van der Waals surface area (Å²) in [4.78, 5) is 0. The van der Waals surface area contributed by atoms with Crippen LogP contribution in [0.5, 0.6) is 0 Å². The predicted octanol–water partition coefficient (Wildman–Crippen LogP) is 4.24. The number of nitrogens with one attached hydrogen (secondary N) is 1. The van der Waals surface area contributed by atoms with Gasteiger partial charge in [-0.25, -0.2) is 0 Å². The average molecular weight is 300 g/mol. The second-order valence-corrected chi connectivity index (χ2v) is 4.02. The largest absolute Gasteiger partial charge is 0.417 e. The first-order valence-electron chi connectivity index (χ1n) is 4.61. The highest BCUT2D eigenvalue weighted by Gasteiger charge is 2.33. The molecule has 0 unspecified atom stereocenters. The molecule has 0 aromatic heterocycles. The average Bonchev–Trinajstić information content (AvgIpc) is 2.19. The summed E-state index contributed by atoms with van der Waals surface area (Å²) in [5.74, 6) is 0. The van der Waals surface area contributed by atoms with Crippen molar-refractivity contribution in [3.63, 3.8) is 0 Å². The number of hydrogen-bond donors (Lipinski definition) is 1. The lowest BCUT2D eigenvalue weighted by Gasteiger charge is -2.12. The van der Waals surface area contributed by atoms with Crippen LogP contribution in [0, 0.1) is 0 Å². The third-order valence-electron chi connectivity index (χ3n) is 1.91. The molecular formula is C10H10BrF4N. The summed E-state index contributed by atoms with van der Waals surface area (Å²) >= 11 is 2.84. The molecule has 0 atom stereocenters. The van der Waals surface area contributed by atoms with Gasteiger partial charge in [0, 0.05) is 16.7 Å². The minimum absolute atomic E-state index is 0.00367. The van der Waals surface area contributed by atoms with Crippen LogP contribution < -0.4 is 5.32 Å². The molecule has 0 aliphatic carbocycles. The zero-order valence-electron chi connectivity index (χ0n) is 8.24. The van der Waals surface area contributed by atoms with E-state index < -0.39 is 18.4 Å². The Hall–Kier alpha value is -0.780. The second-order valence-electron chi connectivity index (χ2n) is 3.16. The minimum Gasteiger partial charge on any atom is -0.385 e. The molecular weight excluding hydrogens is 290 g/mol. The molecule has 1 nitrogen and oxygen atoms in total.